The van der Waals surface area contributed by atoms with Crippen molar-refractivity contribution in [2.45, 2.75) is 26.3 Å². The van der Waals surface area contributed by atoms with Gasteiger partial charge in [-0.25, -0.2) is 0 Å². The number of hydrogen-bond donors (Lipinski definition) is 1. The number of benzene rings is 1. The number of ether oxygens (including phenoxy) is 1. The highest BCUT2D eigenvalue weighted by molar-refractivity contribution is 5.27. The van der Waals surface area contributed by atoms with E-state index in [1.807, 2.05) is 0 Å². The van der Waals surface area contributed by atoms with Crippen LogP contribution in [0.15, 0.2) is 24.3 Å². The minimum Gasteiger partial charge on any atom is -0.406 e. The Labute approximate surface area is 122 Å². The molecule has 21 heavy (non-hydrogen) atoms. The fourth-order valence-corrected chi connectivity index (χ4v) is 2.73. The molecule has 1 heterocycles. The van der Waals surface area contributed by atoms with Crippen molar-refractivity contribution in [1.29, 1.82) is 0 Å². The fraction of sp³-hybridized carbons (Fsp3) is 0.600. The van der Waals surface area contributed by atoms with Gasteiger partial charge in [0.25, 0.3) is 0 Å². The van der Waals surface area contributed by atoms with Crippen molar-refractivity contribution in [2.24, 2.45) is 17.6 Å². The molecule has 1 aromatic carbocycles. The van der Waals surface area contributed by atoms with Crippen molar-refractivity contribution in [3.05, 3.63) is 29.8 Å². The number of nitrogens with two attached hydrogens (primary N) is 1. The minimum absolute atomic E-state index is 0.182. The molecule has 0 radical (unpaired) electrons. The Kier molecular flexibility index (Phi) is 5.11. The fourth-order valence-electron chi connectivity index (χ4n) is 2.73. The van der Waals surface area contributed by atoms with Crippen LogP contribution >= 0.6 is 0 Å². The van der Waals surface area contributed by atoms with E-state index in [0.29, 0.717) is 18.4 Å². The smallest absolute Gasteiger partial charge is 0.406 e. The monoisotopic (exact) mass is 302 g/mol. The lowest BCUT2D eigenvalue weighted by Crippen LogP contribution is -2.42. The van der Waals surface area contributed by atoms with Crippen LogP contribution in [0.5, 0.6) is 5.75 Å². The van der Waals surface area contributed by atoms with Crippen molar-refractivity contribution in [3.8, 4) is 5.75 Å². The van der Waals surface area contributed by atoms with Crippen LogP contribution in [0.3, 0.4) is 0 Å². The predicted octanol–water partition coefficient (Wildman–Crippen LogP) is 3.00. The molecule has 0 aromatic heterocycles. The number of halogens is 3. The number of likely N-dealkylation sites (tertiary alicyclic amines) is 1. The first-order valence-electron chi connectivity index (χ1n) is 7.14. The van der Waals surface area contributed by atoms with Crippen LogP contribution in [0, 0.1) is 11.8 Å². The highest BCUT2D eigenvalue weighted by Crippen LogP contribution is 2.25. The van der Waals surface area contributed by atoms with Crippen LogP contribution in [0.2, 0.25) is 0 Å². The van der Waals surface area contributed by atoms with Gasteiger partial charge in [0.15, 0.2) is 0 Å². The summed E-state index contributed by atoms with van der Waals surface area (Å²) in [6.07, 6.45) is -3.53. The second kappa shape index (κ2) is 6.66. The third-order valence-electron chi connectivity index (χ3n) is 4.06. The van der Waals surface area contributed by atoms with Crippen LogP contribution in [0.1, 0.15) is 18.9 Å². The highest BCUT2D eigenvalue weighted by Gasteiger charge is 2.31. The van der Waals surface area contributed by atoms with E-state index in [2.05, 4.69) is 16.6 Å². The van der Waals surface area contributed by atoms with E-state index in [9.17, 15) is 13.2 Å². The molecule has 0 aliphatic carbocycles. The molecule has 1 aromatic rings. The van der Waals surface area contributed by atoms with Gasteiger partial charge in [0, 0.05) is 13.1 Å². The van der Waals surface area contributed by atoms with Gasteiger partial charge in [0.1, 0.15) is 5.75 Å². The normalized spacial score (nSPS) is 24.0. The van der Waals surface area contributed by atoms with Gasteiger partial charge >= 0.3 is 6.36 Å². The summed E-state index contributed by atoms with van der Waals surface area (Å²) >= 11 is 0. The maximum Gasteiger partial charge on any atom is 0.573 e. The maximum absolute atomic E-state index is 12.1. The molecule has 0 bridgehead atoms. The molecule has 1 aliphatic heterocycles. The predicted molar refractivity (Wildman–Crippen MR) is 74.7 cm³/mol. The zero-order valence-corrected chi connectivity index (χ0v) is 12.1. The molecule has 118 valence electrons. The summed E-state index contributed by atoms with van der Waals surface area (Å²) in [4.78, 5) is 2.30. The summed E-state index contributed by atoms with van der Waals surface area (Å²) in [5.74, 6) is 0.943. The molecule has 2 rings (SSSR count). The number of hydrogen-bond acceptors (Lipinski definition) is 3. The van der Waals surface area contributed by atoms with Crippen LogP contribution in [-0.2, 0) is 6.54 Å². The third-order valence-corrected chi connectivity index (χ3v) is 4.06. The Morgan fingerprint density at radius 3 is 2.52 bits per heavy atom. The van der Waals surface area contributed by atoms with Gasteiger partial charge in [-0.2, -0.15) is 0 Å². The molecule has 2 N–H and O–H groups in total. The van der Waals surface area contributed by atoms with Gasteiger partial charge in [-0.15, -0.1) is 13.2 Å². The van der Waals surface area contributed by atoms with Gasteiger partial charge in [-0.3, -0.25) is 4.90 Å². The molecule has 2 atom stereocenters. The Hall–Kier alpha value is -1.27. The van der Waals surface area contributed by atoms with Gasteiger partial charge in [0.2, 0.25) is 0 Å². The molecule has 1 aliphatic rings. The van der Waals surface area contributed by atoms with Crippen LogP contribution in [0.4, 0.5) is 13.2 Å². The van der Waals surface area contributed by atoms with E-state index in [0.717, 1.165) is 31.6 Å². The van der Waals surface area contributed by atoms with Crippen molar-refractivity contribution in [2.75, 3.05) is 19.6 Å². The summed E-state index contributed by atoms with van der Waals surface area (Å²) in [5.41, 5.74) is 6.76. The zero-order chi connectivity index (χ0) is 15.5. The molecule has 0 spiro atoms. The summed E-state index contributed by atoms with van der Waals surface area (Å²) in [6.45, 7) is 5.57. The minimum atomic E-state index is -4.64. The second-order valence-corrected chi connectivity index (χ2v) is 5.69. The number of nitrogens with zero attached hydrogens (tertiary/aromatic N) is 1. The molecule has 0 saturated carbocycles. The van der Waals surface area contributed by atoms with Gasteiger partial charge in [-0.1, -0.05) is 19.1 Å². The lowest BCUT2D eigenvalue weighted by atomic mass is 9.87. The summed E-state index contributed by atoms with van der Waals surface area (Å²) in [7, 11) is 0. The number of rotatable bonds is 4. The first kappa shape index (κ1) is 16.1. The maximum atomic E-state index is 12.1. The third kappa shape index (κ3) is 4.89. The Bertz CT molecular complexity index is 447. The Balaban J connectivity index is 1.91. The van der Waals surface area contributed by atoms with Crippen LogP contribution in [-0.4, -0.2) is 30.9 Å². The van der Waals surface area contributed by atoms with Gasteiger partial charge in [-0.05, 0) is 49.0 Å². The topological polar surface area (TPSA) is 38.5 Å². The highest BCUT2D eigenvalue weighted by atomic mass is 19.4. The standard InChI is InChI=1S/C15H21F3N2O/c1-11-6-7-20(10-13(11)8-19)9-12-2-4-14(5-3-12)21-15(16,17)18/h2-5,11,13H,6-10,19H2,1H3. The summed E-state index contributed by atoms with van der Waals surface area (Å²) < 4.78 is 40.1. The first-order valence-corrected chi connectivity index (χ1v) is 7.14. The average molecular weight is 302 g/mol. The van der Waals surface area contributed by atoms with E-state index in [1.54, 1.807) is 12.1 Å². The number of alkyl halides is 3. The summed E-state index contributed by atoms with van der Waals surface area (Å²) in [6, 6.07) is 6.07. The first-order chi connectivity index (χ1) is 9.87. The SMILES string of the molecule is CC1CCN(Cc2ccc(OC(F)(F)F)cc2)CC1CN. The molecular formula is C15H21F3N2O. The Morgan fingerprint density at radius 2 is 1.95 bits per heavy atom. The van der Waals surface area contributed by atoms with Crippen LogP contribution in [0.25, 0.3) is 0 Å². The quantitative estimate of drug-likeness (QED) is 0.929. The van der Waals surface area contributed by atoms with E-state index >= 15 is 0 Å². The van der Waals surface area contributed by atoms with Gasteiger partial charge in [0.05, 0.1) is 0 Å². The second-order valence-electron chi connectivity index (χ2n) is 5.69. The van der Waals surface area contributed by atoms with Gasteiger partial charge < -0.3 is 10.5 Å². The molecule has 1 fully saturated rings. The van der Waals surface area contributed by atoms with E-state index in [-0.39, 0.29) is 5.75 Å². The van der Waals surface area contributed by atoms with E-state index in [4.69, 9.17) is 5.73 Å². The lowest BCUT2D eigenvalue weighted by molar-refractivity contribution is -0.274. The van der Waals surface area contributed by atoms with Crippen molar-refractivity contribution >= 4 is 0 Å². The molecule has 0 amide bonds. The molecular weight excluding hydrogens is 281 g/mol. The number of piperidine rings is 1. The molecule has 3 nitrogen and oxygen atoms in total. The lowest BCUT2D eigenvalue weighted by Gasteiger charge is -2.36. The van der Waals surface area contributed by atoms with Crippen LogP contribution < -0.4 is 10.5 Å². The van der Waals surface area contributed by atoms with Crippen molar-refractivity contribution < 1.29 is 17.9 Å². The van der Waals surface area contributed by atoms with Crippen molar-refractivity contribution in [3.63, 3.8) is 0 Å². The van der Waals surface area contributed by atoms with E-state index in [1.165, 1.54) is 12.1 Å². The van der Waals surface area contributed by atoms with E-state index < -0.39 is 6.36 Å². The molecule has 1 saturated heterocycles. The van der Waals surface area contributed by atoms with Crippen molar-refractivity contribution in [1.82, 2.24) is 4.90 Å². The molecule has 2 unspecified atom stereocenters. The molecule has 6 heteroatoms. The summed E-state index contributed by atoms with van der Waals surface area (Å²) in [5, 5.41) is 0. The average Bonchev–Trinajstić information content (AvgIpc) is 2.41. The Morgan fingerprint density at radius 1 is 1.29 bits per heavy atom. The zero-order valence-electron chi connectivity index (χ0n) is 12.1. The largest absolute Gasteiger partial charge is 0.573 e.